The Bertz CT molecular complexity index is 565. The van der Waals surface area contributed by atoms with Crippen molar-refractivity contribution in [3.8, 4) is 0 Å². The summed E-state index contributed by atoms with van der Waals surface area (Å²) in [7, 11) is 2.12. The summed E-state index contributed by atoms with van der Waals surface area (Å²) in [5, 5.41) is 3.36. The first-order valence-corrected chi connectivity index (χ1v) is 8.05. The molecule has 0 atom stereocenters. The Balaban J connectivity index is 2.07. The van der Waals surface area contributed by atoms with Crippen molar-refractivity contribution in [3.05, 3.63) is 50.7 Å². The van der Waals surface area contributed by atoms with E-state index in [9.17, 15) is 0 Å². The van der Waals surface area contributed by atoms with Crippen LogP contribution in [0, 0.1) is 6.92 Å². The molecule has 1 aromatic heterocycles. The fourth-order valence-corrected chi connectivity index (χ4v) is 3.42. The number of thiophene rings is 1. The summed E-state index contributed by atoms with van der Waals surface area (Å²) in [6.45, 7) is 7.12. The van der Waals surface area contributed by atoms with E-state index in [0.29, 0.717) is 0 Å². The van der Waals surface area contributed by atoms with Crippen LogP contribution in [0.1, 0.15) is 22.9 Å². The predicted molar refractivity (Wildman–Crippen MR) is 90.0 cm³/mol. The van der Waals surface area contributed by atoms with Crippen molar-refractivity contribution in [3.63, 3.8) is 0 Å². The minimum atomic E-state index is 0.853. The Morgan fingerprint density at radius 1 is 1.25 bits per heavy atom. The van der Waals surface area contributed by atoms with Gasteiger partial charge in [0.2, 0.25) is 0 Å². The third-order valence-electron chi connectivity index (χ3n) is 3.27. The summed E-state index contributed by atoms with van der Waals surface area (Å²) < 4.78 is 0.853. The lowest BCUT2D eigenvalue weighted by Crippen LogP contribution is -2.17. The maximum atomic E-state index is 5.98. The molecule has 1 heterocycles. The summed E-state index contributed by atoms with van der Waals surface area (Å²) in [6.07, 6.45) is 0. The van der Waals surface area contributed by atoms with Crippen LogP contribution in [0.2, 0.25) is 4.34 Å². The maximum Gasteiger partial charge on any atom is 0.0931 e. The van der Waals surface area contributed by atoms with Crippen molar-refractivity contribution in [2.75, 3.05) is 18.5 Å². The SMILES string of the molecule is CCNCc1ccc(N(C)Cc2ccc(Cl)s2)c(C)c1. The van der Waals surface area contributed by atoms with E-state index in [0.717, 1.165) is 24.0 Å². The molecule has 4 heteroatoms. The second-order valence-corrected chi connectivity index (χ2v) is 6.76. The molecule has 2 aromatic rings. The van der Waals surface area contributed by atoms with E-state index in [1.165, 1.54) is 21.7 Å². The molecule has 0 saturated carbocycles. The molecule has 0 fully saturated rings. The second-order valence-electron chi connectivity index (χ2n) is 4.96. The first-order valence-electron chi connectivity index (χ1n) is 6.85. The highest BCUT2D eigenvalue weighted by Gasteiger charge is 2.07. The van der Waals surface area contributed by atoms with Gasteiger partial charge in [-0.25, -0.2) is 0 Å². The first-order chi connectivity index (χ1) is 9.60. The molecule has 20 heavy (non-hydrogen) atoms. The van der Waals surface area contributed by atoms with Crippen LogP contribution in [0.15, 0.2) is 30.3 Å². The van der Waals surface area contributed by atoms with Crippen molar-refractivity contribution in [2.24, 2.45) is 0 Å². The highest BCUT2D eigenvalue weighted by Crippen LogP contribution is 2.26. The van der Waals surface area contributed by atoms with E-state index in [1.807, 2.05) is 6.07 Å². The number of hydrogen-bond acceptors (Lipinski definition) is 3. The van der Waals surface area contributed by atoms with Crippen LogP contribution in [0.25, 0.3) is 0 Å². The zero-order valence-electron chi connectivity index (χ0n) is 12.2. The van der Waals surface area contributed by atoms with E-state index in [1.54, 1.807) is 11.3 Å². The molecule has 0 aliphatic heterocycles. The zero-order chi connectivity index (χ0) is 14.5. The highest BCUT2D eigenvalue weighted by molar-refractivity contribution is 7.16. The minimum absolute atomic E-state index is 0.853. The standard InChI is InChI=1S/C16H21ClN2S/c1-4-18-10-13-5-7-15(12(2)9-13)19(3)11-14-6-8-16(17)20-14/h5-9,18H,4,10-11H2,1-3H3. The molecule has 1 aromatic carbocycles. The molecule has 0 aliphatic rings. The van der Waals surface area contributed by atoms with Crippen LogP contribution in [0.4, 0.5) is 5.69 Å². The van der Waals surface area contributed by atoms with Crippen molar-refractivity contribution in [1.29, 1.82) is 0 Å². The fourth-order valence-electron chi connectivity index (χ4n) is 2.28. The fraction of sp³-hybridized carbons (Fsp3) is 0.375. The average molecular weight is 309 g/mol. The Morgan fingerprint density at radius 3 is 2.65 bits per heavy atom. The Hall–Kier alpha value is -1.03. The Labute approximate surface area is 130 Å². The van der Waals surface area contributed by atoms with Crippen LogP contribution < -0.4 is 10.2 Å². The molecule has 0 unspecified atom stereocenters. The van der Waals surface area contributed by atoms with Crippen LogP contribution in [0.3, 0.4) is 0 Å². The van der Waals surface area contributed by atoms with Gasteiger partial charge in [-0.3, -0.25) is 0 Å². The van der Waals surface area contributed by atoms with Crippen LogP contribution in [0.5, 0.6) is 0 Å². The van der Waals surface area contributed by atoms with Crippen molar-refractivity contribution >= 4 is 28.6 Å². The lowest BCUT2D eigenvalue weighted by Gasteiger charge is -2.21. The molecular formula is C16H21ClN2S. The molecule has 2 nitrogen and oxygen atoms in total. The number of nitrogens with one attached hydrogen (secondary N) is 1. The largest absolute Gasteiger partial charge is 0.369 e. The first kappa shape index (κ1) is 15.4. The van der Waals surface area contributed by atoms with E-state index >= 15 is 0 Å². The van der Waals surface area contributed by atoms with Gasteiger partial charge in [0.15, 0.2) is 0 Å². The van der Waals surface area contributed by atoms with Gasteiger partial charge in [-0.05, 0) is 42.8 Å². The molecule has 0 amide bonds. The maximum absolute atomic E-state index is 5.98. The van der Waals surface area contributed by atoms with Gasteiger partial charge in [-0.15, -0.1) is 11.3 Å². The van der Waals surface area contributed by atoms with Crippen LogP contribution >= 0.6 is 22.9 Å². The lowest BCUT2D eigenvalue weighted by molar-refractivity contribution is 0.726. The smallest absolute Gasteiger partial charge is 0.0931 e. The third kappa shape index (κ3) is 3.98. The van der Waals surface area contributed by atoms with E-state index < -0.39 is 0 Å². The van der Waals surface area contributed by atoms with Gasteiger partial charge >= 0.3 is 0 Å². The number of halogens is 1. The number of rotatable bonds is 6. The zero-order valence-corrected chi connectivity index (χ0v) is 13.8. The average Bonchev–Trinajstić information content (AvgIpc) is 2.81. The van der Waals surface area contributed by atoms with E-state index in [2.05, 4.69) is 55.4 Å². The van der Waals surface area contributed by atoms with E-state index in [-0.39, 0.29) is 0 Å². The molecule has 0 aliphatic carbocycles. The predicted octanol–water partition coefficient (Wildman–Crippen LogP) is 4.46. The topological polar surface area (TPSA) is 15.3 Å². The Morgan fingerprint density at radius 2 is 2.05 bits per heavy atom. The number of nitrogens with zero attached hydrogens (tertiary/aromatic N) is 1. The van der Waals surface area contributed by atoms with Crippen molar-refractivity contribution in [1.82, 2.24) is 5.32 Å². The van der Waals surface area contributed by atoms with Gasteiger partial charge < -0.3 is 10.2 Å². The summed E-state index contributed by atoms with van der Waals surface area (Å²) >= 11 is 7.63. The highest BCUT2D eigenvalue weighted by atomic mass is 35.5. The van der Waals surface area contributed by atoms with Gasteiger partial charge in [-0.1, -0.05) is 30.7 Å². The third-order valence-corrected chi connectivity index (χ3v) is 4.49. The second kappa shape index (κ2) is 7.11. The number of benzene rings is 1. The molecule has 0 saturated heterocycles. The van der Waals surface area contributed by atoms with Gasteiger partial charge in [-0.2, -0.15) is 0 Å². The summed E-state index contributed by atoms with van der Waals surface area (Å²) in [6, 6.07) is 10.7. The minimum Gasteiger partial charge on any atom is -0.369 e. The van der Waals surface area contributed by atoms with Gasteiger partial charge in [0.1, 0.15) is 0 Å². The van der Waals surface area contributed by atoms with Gasteiger partial charge in [0.05, 0.1) is 10.9 Å². The molecule has 0 bridgehead atoms. The number of anilines is 1. The molecule has 1 N–H and O–H groups in total. The van der Waals surface area contributed by atoms with Gasteiger partial charge in [0.25, 0.3) is 0 Å². The monoisotopic (exact) mass is 308 g/mol. The number of aryl methyl sites for hydroxylation is 1. The van der Waals surface area contributed by atoms with Crippen molar-refractivity contribution in [2.45, 2.75) is 26.9 Å². The molecule has 0 spiro atoms. The Kier molecular flexibility index (Phi) is 5.46. The quantitative estimate of drug-likeness (QED) is 0.848. The van der Waals surface area contributed by atoms with Crippen molar-refractivity contribution < 1.29 is 0 Å². The molecular weight excluding hydrogens is 288 g/mol. The normalized spacial score (nSPS) is 10.8. The van der Waals surface area contributed by atoms with Crippen LogP contribution in [-0.2, 0) is 13.1 Å². The molecule has 2 rings (SSSR count). The summed E-state index contributed by atoms with van der Waals surface area (Å²) in [5.74, 6) is 0. The van der Waals surface area contributed by atoms with Gasteiger partial charge in [0, 0.05) is 24.2 Å². The lowest BCUT2D eigenvalue weighted by atomic mass is 10.1. The number of hydrogen-bond donors (Lipinski definition) is 1. The summed E-state index contributed by atoms with van der Waals surface area (Å²) in [5.41, 5.74) is 3.92. The molecule has 108 valence electrons. The van der Waals surface area contributed by atoms with Crippen LogP contribution in [-0.4, -0.2) is 13.6 Å². The molecule has 0 radical (unpaired) electrons. The van der Waals surface area contributed by atoms with E-state index in [4.69, 9.17) is 11.6 Å². The summed E-state index contributed by atoms with van der Waals surface area (Å²) in [4.78, 5) is 3.56.